The van der Waals surface area contributed by atoms with Gasteiger partial charge in [-0.1, -0.05) is 78.9 Å². The fraction of sp³-hybridized carbons (Fsp3) is 0.296. The zero-order valence-corrected chi connectivity index (χ0v) is 17.6. The quantitative estimate of drug-likeness (QED) is 0.656. The van der Waals surface area contributed by atoms with Gasteiger partial charge < -0.3 is 10.4 Å². The van der Waals surface area contributed by atoms with Crippen molar-refractivity contribution in [1.29, 1.82) is 0 Å². The zero-order valence-electron chi connectivity index (χ0n) is 17.6. The fourth-order valence-corrected chi connectivity index (χ4v) is 5.07. The van der Waals surface area contributed by atoms with E-state index in [1.807, 2.05) is 54.6 Å². The van der Waals surface area contributed by atoms with E-state index >= 15 is 0 Å². The highest BCUT2D eigenvalue weighted by Gasteiger charge is 2.31. The lowest BCUT2D eigenvalue weighted by Gasteiger charge is -2.34. The largest absolute Gasteiger partial charge is 0.388 e. The molecule has 1 atom stereocenters. The molecule has 1 aliphatic carbocycles. The van der Waals surface area contributed by atoms with Crippen LogP contribution in [-0.2, 0) is 4.79 Å². The number of hydrogen-bond donors (Lipinski definition) is 2. The highest BCUT2D eigenvalue weighted by atomic mass is 16.3. The number of hydrogen-bond acceptors (Lipinski definition) is 3. The molecule has 0 spiro atoms. The van der Waals surface area contributed by atoms with Gasteiger partial charge in [0.05, 0.1) is 18.7 Å². The van der Waals surface area contributed by atoms with Crippen molar-refractivity contribution in [2.45, 2.75) is 25.0 Å². The summed E-state index contributed by atoms with van der Waals surface area (Å²) >= 11 is 0. The van der Waals surface area contributed by atoms with E-state index in [-0.39, 0.29) is 17.9 Å². The maximum absolute atomic E-state index is 12.9. The van der Waals surface area contributed by atoms with Crippen LogP contribution in [0.15, 0.2) is 78.9 Å². The van der Waals surface area contributed by atoms with Crippen LogP contribution in [0.3, 0.4) is 0 Å². The Bertz CT molecular complexity index is 1010. The van der Waals surface area contributed by atoms with Gasteiger partial charge in [-0.3, -0.25) is 9.69 Å². The van der Waals surface area contributed by atoms with Crippen LogP contribution in [0.25, 0.3) is 11.1 Å². The summed E-state index contributed by atoms with van der Waals surface area (Å²) in [7, 11) is 0. The highest BCUT2D eigenvalue weighted by molar-refractivity contribution is 5.84. The lowest BCUT2D eigenvalue weighted by Crippen LogP contribution is -2.43. The number of nitrogens with zero attached hydrogens (tertiary/aromatic N) is 1. The fourth-order valence-electron chi connectivity index (χ4n) is 5.07. The van der Waals surface area contributed by atoms with Crippen LogP contribution in [0.1, 0.15) is 41.7 Å². The van der Waals surface area contributed by atoms with Gasteiger partial charge in [0.15, 0.2) is 0 Å². The molecular formula is C27H28N2O2. The van der Waals surface area contributed by atoms with Crippen LogP contribution < -0.4 is 5.32 Å². The predicted molar refractivity (Wildman–Crippen MR) is 122 cm³/mol. The summed E-state index contributed by atoms with van der Waals surface area (Å²) in [5.41, 5.74) is 5.74. The average molecular weight is 413 g/mol. The average Bonchev–Trinajstić information content (AvgIpc) is 3.13. The number of carbonyl (C=O) groups excluding carboxylic acids is 1. The van der Waals surface area contributed by atoms with Gasteiger partial charge in [0, 0.05) is 0 Å². The number of likely N-dealkylation sites (tertiary alicyclic amines) is 1. The van der Waals surface area contributed by atoms with Crippen LogP contribution in [-0.4, -0.2) is 35.5 Å². The number of nitrogens with one attached hydrogen (secondary N) is 1. The van der Waals surface area contributed by atoms with E-state index in [1.165, 1.54) is 22.3 Å². The first-order chi connectivity index (χ1) is 15.2. The monoisotopic (exact) mass is 412 g/mol. The normalized spacial score (nSPS) is 17.7. The topological polar surface area (TPSA) is 52.6 Å². The summed E-state index contributed by atoms with van der Waals surface area (Å²) in [5, 5.41) is 14.0. The minimum absolute atomic E-state index is 0.0542. The SMILES string of the molecule is O=C(CN1CCC(C(O)c2ccccc2)CC1)NC1c2ccccc2-c2ccccc21. The Balaban J connectivity index is 1.20. The minimum Gasteiger partial charge on any atom is -0.388 e. The summed E-state index contributed by atoms with van der Waals surface area (Å²) in [6.45, 7) is 2.06. The Labute approximate surface area is 183 Å². The molecular weight excluding hydrogens is 384 g/mol. The van der Waals surface area contributed by atoms with Gasteiger partial charge in [-0.2, -0.15) is 0 Å². The van der Waals surface area contributed by atoms with E-state index in [9.17, 15) is 9.90 Å². The second kappa shape index (κ2) is 8.66. The summed E-state index contributed by atoms with van der Waals surface area (Å²) in [6.07, 6.45) is 1.38. The number of benzene rings is 3. The number of carbonyl (C=O) groups is 1. The zero-order chi connectivity index (χ0) is 21.2. The Morgan fingerprint density at radius 2 is 1.42 bits per heavy atom. The minimum atomic E-state index is -0.427. The van der Waals surface area contributed by atoms with Crippen molar-refractivity contribution in [2.75, 3.05) is 19.6 Å². The molecule has 2 aliphatic rings. The first-order valence-electron chi connectivity index (χ1n) is 11.1. The summed E-state index contributed by atoms with van der Waals surface area (Å²) in [6, 6.07) is 26.4. The molecule has 4 nitrogen and oxygen atoms in total. The van der Waals surface area contributed by atoms with E-state index in [4.69, 9.17) is 0 Å². The molecule has 0 saturated carbocycles. The van der Waals surface area contributed by atoms with Crippen molar-refractivity contribution in [3.05, 3.63) is 95.6 Å². The maximum atomic E-state index is 12.9. The van der Waals surface area contributed by atoms with Gasteiger partial charge in [-0.05, 0) is 59.7 Å². The van der Waals surface area contributed by atoms with Crippen LogP contribution in [0.2, 0.25) is 0 Å². The molecule has 1 heterocycles. The van der Waals surface area contributed by atoms with Crippen molar-refractivity contribution >= 4 is 5.91 Å². The Morgan fingerprint density at radius 1 is 0.871 bits per heavy atom. The maximum Gasteiger partial charge on any atom is 0.234 e. The molecule has 4 heteroatoms. The highest BCUT2D eigenvalue weighted by Crippen LogP contribution is 2.43. The molecule has 3 aromatic carbocycles. The first-order valence-corrected chi connectivity index (χ1v) is 11.1. The molecule has 2 N–H and O–H groups in total. The third-order valence-corrected chi connectivity index (χ3v) is 6.73. The molecule has 1 fully saturated rings. The predicted octanol–water partition coefficient (Wildman–Crippen LogP) is 4.32. The third kappa shape index (κ3) is 4.01. The summed E-state index contributed by atoms with van der Waals surface area (Å²) in [5.74, 6) is 0.300. The number of piperidine rings is 1. The molecule has 1 saturated heterocycles. The van der Waals surface area contributed by atoms with E-state index in [1.54, 1.807) is 0 Å². The molecule has 0 aromatic heterocycles. The van der Waals surface area contributed by atoms with Gasteiger partial charge in [0.25, 0.3) is 0 Å². The number of amides is 1. The molecule has 1 amide bonds. The van der Waals surface area contributed by atoms with Gasteiger partial charge >= 0.3 is 0 Å². The van der Waals surface area contributed by atoms with Crippen LogP contribution in [0.4, 0.5) is 0 Å². The van der Waals surface area contributed by atoms with Crippen molar-refractivity contribution in [1.82, 2.24) is 10.2 Å². The summed E-state index contributed by atoms with van der Waals surface area (Å²) < 4.78 is 0. The van der Waals surface area contributed by atoms with E-state index in [0.29, 0.717) is 6.54 Å². The Morgan fingerprint density at radius 3 is 2.03 bits per heavy atom. The standard InChI is InChI=1S/C27H28N2O2/c30-25(18-29-16-14-20(15-17-29)27(31)19-8-2-1-3-9-19)28-26-23-12-6-4-10-21(23)22-11-5-7-13-24(22)26/h1-13,20,26-27,31H,14-18H2,(H,28,30). The van der Waals surface area contributed by atoms with Crippen LogP contribution in [0, 0.1) is 5.92 Å². The van der Waals surface area contributed by atoms with Gasteiger partial charge in [0.2, 0.25) is 5.91 Å². The molecule has 0 bridgehead atoms. The Kier molecular flexibility index (Phi) is 5.58. The molecule has 158 valence electrons. The number of fused-ring (bicyclic) bond motifs is 3. The smallest absolute Gasteiger partial charge is 0.234 e. The van der Waals surface area contributed by atoms with Gasteiger partial charge in [0.1, 0.15) is 0 Å². The van der Waals surface area contributed by atoms with Crippen molar-refractivity contribution in [3.8, 4) is 11.1 Å². The van der Waals surface area contributed by atoms with Crippen molar-refractivity contribution < 1.29 is 9.90 Å². The Hall–Kier alpha value is -2.95. The van der Waals surface area contributed by atoms with E-state index in [2.05, 4.69) is 34.5 Å². The van der Waals surface area contributed by atoms with Gasteiger partial charge in [-0.25, -0.2) is 0 Å². The summed E-state index contributed by atoms with van der Waals surface area (Å²) in [4.78, 5) is 15.1. The van der Waals surface area contributed by atoms with Crippen LogP contribution in [0.5, 0.6) is 0 Å². The second-order valence-electron chi connectivity index (χ2n) is 8.64. The van der Waals surface area contributed by atoms with Crippen molar-refractivity contribution in [3.63, 3.8) is 0 Å². The molecule has 1 unspecified atom stereocenters. The molecule has 3 aromatic rings. The first kappa shape index (κ1) is 20.0. The number of rotatable bonds is 5. The van der Waals surface area contributed by atoms with Crippen LogP contribution >= 0.6 is 0 Å². The lowest BCUT2D eigenvalue weighted by molar-refractivity contribution is -0.123. The molecule has 5 rings (SSSR count). The number of aliphatic hydroxyl groups is 1. The molecule has 1 aliphatic heterocycles. The van der Waals surface area contributed by atoms with E-state index in [0.717, 1.165) is 31.5 Å². The van der Waals surface area contributed by atoms with Crippen molar-refractivity contribution in [2.24, 2.45) is 5.92 Å². The third-order valence-electron chi connectivity index (χ3n) is 6.73. The number of aliphatic hydroxyl groups excluding tert-OH is 1. The second-order valence-corrected chi connectivity index (χ2v) is 8.64. The van der Waals surface area contributed by atoms with E-state index < -0.39 is 6.10 Å². The van der Waals surface area contributed by atoms with Gasteiger partial charge in [-0.15, -0.1) is 0 Å². The molecule has 31 heavy (non-hydrogen) atoms. The lowest BCUT2D eigenvalue weighted by atomic mass is 9.87. The molecule has 0 radical (unpaired) electrons.